The molecule has 0 aliphatic carbocycles. The average Bonchev–Trinajstić information content (AvgIpc) is 2.63. The highest BCUT2D eigenvalue weighted by molar-refractivity contribution is 6.01. The number of benzene rings is 2. The van der Waals surface area contributed by atoms with Crippen LogP contribution in [0.4, 0.5) is 15.8 Å². The number of anilines is 1. The van der Waals surface area contributed by atoms with Gasteiger partial charge in [0.25, 0.3) is 11.6 Å². The van der Waals surface area contributed by atoms with Gasteiger partial charge in [-0.2, -0.15) is 0 Å². The highest BCUT2D eigenvalue weighted by Gasteiger charge is 2.23. The van der Waals surface area contributed by atoms with E-state index in [4.69, 9.17) is 10.5 Å². The van der Waals surface area contributed by atoms with Gasteiger partial charge in [0.15, 0.2) is 0 Å². The predicted molar refractivity (Wildman–Crippen MR) is 99.2 cm³/mol. The van der Waals surface area contributed by atoms with Gasteiger partial charge in [-0.25, -0.2) is 4.39 Å². The number of nitrogen functional groups attached to an aromatic ring is 1. The first-order chi connectivity index (χ1) is 12.7. The van der Waals surface area contributed by atoms with Crippen LogP contribution < -0.4 is 15.8 Å². The van der Waals surface area contributed by atoms with Gasteiger partial charge in [0.1, 0.15) is 17.3 Å². The maximum atomic E-state index is 13.6. The van der Waals surface area contributed by atoms with E-state index in [0.29, 0.717) is 11.8 Å². The number of nitrogens with one attached hydrogen (secondary N) is 1. The summed E-state index contributed by atoms with van der Waals surface area (Å²) in [6.45, 7) is 0.183. The molecule has 2 rings (SSSR count). The van der Waals surface area contributed by atoms with E-state index in [-0.39, 0.29) is 23.8 Å². The summed E-state index contributed by atoms with van der Waals surface area (Å²) in [4.78, 5) is 24.5. The van der Waals surface area contributed by atoms with Gasteiger partial charge in [-0.05, 0) is 37.9 Å². The van der Waals surface area contributed by atoms with Gasteiger partial charge in [-0.3, -0.25) is 14.9 Å². The predicted octanol–water partition coefficient (Wildman–Crippen LogP) is 2.36. The highest BCUT2D eigenvalue weighted by Crippen LogP contribution is 2.27. The van der Waals surface area contributed by atoms with Gasteiger partial charge < -0.3 is 20.7 Å². The molecule has 0 saturated carbocycles. The molecule has 1 unspecified atom stereocenters. The normalized spacial score (nSPS) is 11.9. The second-order valence-electron chi connectivity index (χ2n) is 6.11. The summed E-state index contributed by atoms with van der Waals surface area (Å²) in [5, 5.41) is 13.6. The zero-order chi connectivity index (χ0) is 20.1. The first-order valence-electron chi connectivity index (χ1n) is 8.06. The lowest BCUT2D eigenvalue weighted by Gasteiger charge is -2.25. The Hall–Kier alpha value is -3.20. The summed E-state index contributed by atoms with van der Waals surface area (Å²) in [7, 11) is 5.25. The molecular formula is C18H21FN4O4. The number of rotatable bonds is 7. The van der Waals surface area contributed by atoms with Gasteiger partial charge in [0, 0.05) is 6.54 Å². The molecule has 0 fully saturated rings. The number of hydrogen-bond donors (Lipinski definition) is 2. The molecule has 0 aromatic heterocycles. The number of amides is 1. The van der Waals surface area contributed by atoms with Crippen molar-refractivity contribution in [3.63, 3.8) is 0 Å². The Morgan fingerprint density at radius 1 is 1.37 bits per heavy atom. The van der Waals surface area contributed by atoms with Crippen molar-refractivity contribution in [1.82, 2.24) is 10.2 Å². The standard InChI is InChI=1S/C18H21FN4O4/c1-22(2)16(11-5-4-6-13(7-11)27-3)10-21-18(24)14-8-12(19)9-15(17(14)20)23(25)26/h4-9,16H,10,20H2,1-3H3,(H,21,24). The van der Waals surface area contributed by atoms with E-state index in [2.05, 4.69) is 5.32 Å². The Bertz CT molecular complexity index is 857. The lowest BCUT2D eigenvalue weighted by Crippen LogP contribution is -2.35. The molecule has 144 valence electrons. The van der Waals surface area contributed by atoms with Crippen molar-refractivity contribution in [3.8, 4) is 5.75 Å². The quantitative estimate of drug-likeness (QED) is 0.436. The molecule has 0 radical (unpaired) electrons. The molecule has 27 heavy (non-hydrogen) atoms. The van der Waals surface area contributed by atoms with Crippen LogP contribution in [0.25, 0.3) is 0 Å². The molecule has 0 saturated heterocycles. The van der Waals surface area contributed by atoms with Crippen LogP contribution in [0.2, 0.25) is 0 Å². The number of methoxy groups -OCH3 is 1. The SMILES string of the molecule is COc1cccc(C(CNC(=O)c2cc(F)cc([N+](=O)[O-])c2N)N(C)C)c1. The number of nitrogens with two attached hydrogens (primary N) is 1. The molecule has 1 amide bonds. The topological polar surface area (TPSA) is 111 Å². The van der Waals surface area contributed by atoms with E-state index >= 15 is 0 Å². The molecule has 3 N–H and O–H groups in total. The van der Waals surface area contributed by atoms with Crippen molar-refractivity contribution in [1.29, 1.82) is 0 Å². The zero-order valence-electron chi connectivity index (χ0n) is 15.2. The summed E-state index contributed by atoms with van der Waals surface area (Å²) in [5.41, 5.74) is 5.29. The van der Waals surface area contributed by atoms with Crippen molar-refractivity contribution in [2.45, 2.75) is 6.04 Å². The van der Waals surface area contributed by atoms with Gasteiger partial charge >= 0.3 is 0 Å². The third-order valence-corrected chi connectivity index (χ3v) is 4.12. The summed E-state index contributed by atoms with van der Waals surface area (Å²) in [6.07, 6.45) is 0. The molecular weight excluding hydrogens is 355 g/mol. The second-order valence-corrected chi connectivity index (χ2v) is 6.11. The first kappa shape index (κ1) is 20.1. The lowest BCUT2D eigenvalue weighted by atomic mass is 10.0. The third kappa shape index (κ3) is 4.70. The average molecular weight is 376 g/mol. The minimum Gasteiger partial charge on any atom is -0.497 e. The number of hydrogen-bond acceptors (Lipinski definition) is 6. The Balaban J connectivity index is 2.23. The number of nitro groups is 1. The number of nitro benzene ring substituents is 1. The number of ether oxygens (including phenoxy) is 1. The van der Waals surface area contributed by atoms with Crippen molar-refractivity contribution < 1.29 is 18.8 Å². The molecule has 0 heterocycles. The van der Waals surface area contributed by atoms with Crippen LogP contribution in [0.1, 0.15) is 22.0 Å². The third-order valence-electron chi connectivity index (χ3n) is 4.12. The lowest BCUT2D eigenvalue weighted by molar-refractivity contribution is -0.384. The van der Waals surface area contributed by atoms with Crippen molar-refractivity contribution in [2.75, 3.05) is 33.5 Å². The smallest absolute Gasteiger partial charge is 0.295 e. The fraction of sp³-hybridized carbons (Fsp3) is 0.278. The maximum absolute atomic E-state index is 13.6. The Morgan fingerprint density at radius 3 is 2.67 bits per heavy atom. The second kappa shape index (κ2) is 8.45. The molecule has 1 atom stereocenters. The van der Waals surface area contributed by atoms with E-state index in [1.165, 1.54) is 0 Å². The molecule has 0 spiro atoms. The van der Waals surface area contributed by atoms with Crippen molar-refractivity contribution in [2.24, 2.45) is 0 Å². The van der Waals surface area contributed by atoms with Gasteiger partial charge in [0.2, 0.25) is 0 Å². The molecule has 2 aromatic carbocycles. The van der Waals surface area contributed by atoms with E-state index < -0.39 is 22.3 Å². The number of carbonyl (C=O) groups is 1. The Kier molecular flexibility index (Phi) is 6.30. The monoisotopic (exact) mass is 376 g/mol. The van der Waals surface area contributed by atoms with Crippen LogP contribution in [-0.2, 0) is 0 Å². The molecule has 9 heteroatoms. The first-order valence-corrected chi connectivity index (χ1v) is 8.06. The van der Waals surface area contributed by atoms with Crippen molar-refractivity contribution in [3.05, 3.63) is 63.5 Å². The molecule has 0 aliphatic rings. The van der Waals surface area contributed by atoms with Crippen molar-refractivity contribution >= 4 is 17.3 Å². The van der Waals surface area contributed by atoms with E-state index in [1.54, 1.807) is 13.2 Å². The van der Waals surface area contributed by atoms with Crippen LogP contribution >= 0.6 is 0 Å². The fourth-order valence-corrected chi connectivity index (χ4v) is 2.67. The Labute approximate surface area is 155 Å². The molecule has 0 bridgehead atoms. The fourth-order valence-electron chi connectivity index (χ4n) is 2.67. The minimum absolute atomic E-state index is 0.183. The molecule has 0 aliphatic heterocycles. The molecule has 8 nitrogen and oxygen atoms in total. The summed E-state index contributed by atoms with van der Waals surface area (Å²) in [6, 6.07) is 8.74. The van der Waals surface area contributed by atoms with Gasteiger partial charge in [-0.15, -0.1) is 0 Å². The van der Waals surface area contributed by atoms with E-state index in [9.17, 15) is 19.3 Å². The summed E-state index contributed by atoms with van der Waals surface area (Å²) in [5.74, 6) is -0.918. The van der Waals surface area contributed by atoms with Crippen LogP contribution in [0.5, 0.6) is 5.75 Å². The number of likely N-dealkylation sites (N-methyl/N-ethyl adjacent to an activating group) is 1. The number of carbonyl (C=O) groups excluding carboxylic acids is 1. The highest BCUT2D eigenvalue weighted by atomic mass is 19.1. The molecule has 2 aromatic rings. The van der Waals surface area contributed by atoms with E-state index in [1.807, 2.05) is 37.2 Å². The Morgan fingerprint density at radius 2 is 2.07 bits per heavy atom. The number of halogens is 1. The van der Waals surface area contributed by atoms with Gasteiger partial charge in [0.05, 0.1) is 29.7 Å². The number of nitrogens with zero attached hydrogens (tertiary/aromatic N) is 2. The van der Waals surface area contributed by atoms with Crippen LogP contribution in [-0.4, -0.2) is 43.5 Å². The van der Waals surface area contributed by atoms with E-state index in [0.717, 1.165) is 11.6 Å². The minimum atomic E-state index is -0.905. The summed E-state index contributed by atoms with van der Waals surface area (Å²) >= 11 is 0. The van der Waals surface area contributed by atoms with Crippen LogP contribution in [0, 0.1) is 15.9 Å². The maximum Gasteiger partial charge on any atom is 0.295 e. The van der Waals surface area contributed by atoms with Gasteiger partial charge in [-0.1, -0.05) is 12.1 Å². The zero-order valence-corrected chi connectivity index (χ0v) is 15.2. The van der Waals surface area contributed by atoms with Crippen LogP contribution in [0.3, 0.4) is 0 Å². The largest absolute Gasteiger partial charge is 0.497 e. The van der Waals surface area contributed by atoms with Crippen LogP contribution in [0.15, 0.2) is 36.4 Å². The summed E-state index contributed by atoms with van der Waals surface area (Å²) < 4.78 is 18.9.